The minimum absolute atomic E-state index is 0.240. The van der Waals surface area contributed by atoms with E-state index in [4.69, 9.17) is 4.74 Å². The van der Waals surface area contributed by atoms with E-state index in [1.54, 1.807) is 7.11 Å². The van der Waals surface area contributed by atoms with Crippen molar-refractivity contribution in [1.82, 2.24) is 0 Å². The Balaban J connectivity index is 2.44. The lowest BCUT2D eigenvalue weighted by Gasteiger charge is -2.06. The molecule has 2 rings (SSSR count). The number of benzene rings is 1. The van der Waals surface area contributed by atoms with Gasteiger partial charge in [-0.25, -0.2) is 0 Å². The van der Waals surface area contributed by atoms with Gasteiger partial charge < -0.3 is 4.74 Å². The minimum Gasteiger partial charge on any atom is -0.497 e. The largest absolute Gasteiger partial charge is 0.497 e. The van der Waals surface area contributed by atoms with E-state index in [0.29, 0.717) is 6.42 Å². The summed E-state index contributed by atoms with van der Waals surface area (Å²) in [6, 6.07) is 5.76. The number of fused-ring (bicyclic) bond motifs is 1. The van der Waals surface area contributed by atoms with Gasteiger partial charge in [-0.05, 0) is 17.7 Å². The summed E-state index contributed by atoms with van der Waals surface area (Å²) in [7, 11) is 1.62. The van der Waals surface area contributed by atoms with E-state index in [2.05, 4.69) is 0 Å². The summed E-state index contributed by atoms with van der Waals surface area (Å²) in [6.45, 7) is 0. The first kappa shape index (κ1) is 9.59. The lowest BCUT2D eigenvalue weighted by Crippen LogP contribution is -2.01. The van der Waals surface area contributed by atoms with Gasteiger partial charge in [0.05, 0.1) is 7.11 Å². The average Bonchev–Trinajstić information content (AvgIpc) is 2.40. The molecule has 0 saturated heterocycles. The van der Waals surface area contributed by atoms with Crippen LogP contribution in [0.5, 0.6) is 5.75 Å². The van der Waals surface area contributed by atoms with Gasteiger partial charge in [0.2, 0.25) is 0 Å². The number of thioether (sulfide) groups is 1. The molecule has 1 heterocycles. The SMILES string of the molecule is COc1ccc2c(c1)C(=O)CCSC2. The van der Waals surface area contributed by atoms with Gasteiger partial charge in [-0.15, -0.1) is 0 Å². The summed E-state index contributed by atoms with van der Waals surface area (Å²) >= 11 is 1.81. The average molecular weight is 208 g/mol. The molecule has 1 aliphatic heterocycles. The van der Waals surface area contributed by atoms with Crippen LogP contribution in [0, 0.1) is 0 Å². The van der Waals surface area contributed by atoms with Crippen LogP contribution in [0.15, 0.2) is 18.2 Å². The molecule has 0 amide bonds. The predicted octanol–water partition coefficient (Wildman–Crippen LogP) is 2.51. The lowest BCUT2D eigenvalue weighted by molar-refractivity contribution is 0.0989. The van der Waals surface area contributed by atoms with Gasteiger partial charge in [0.1, 0.15) is 5.75 Å². The van der Waals surface area contributed by atoms with Crippen LogP contribution in [0.3, 0.4) is 0 Å². The highest BCUT2D eigenvalue weighted by Gasteiger charge is 2.15. The molecule has 0 aromatic heterocycles. The minimum atomic E-state index is 0.240. The van der Waals surface area contributed by atoms with Crippen molar-refractivity contribution in [2.45, 2.75) is 12.2 Å². The van der Waals surface area contributed by atoms with Crippen LogP contribution in [0.1, 0.15) is 22.3 Å². The molecule has 1 aromatic rings. The fourth-order valence-electron chi connectivity index (χ4n) is 1.55. The van der Waals surface area contributed by atoms with Crippen molar-refractivity contribution in [2.75, 3.05) is 12.9 Å². The fraction of sp³-hybridized carbons (Fsp3) is 0.364. The van der Waals surface area contributed by atoms with Gasteiger partial charge in [-0.2, -0.15) is 11.8 Å². The number of ether oxygens (including phenoxy) is 1. The Morgan fingerprint density at radius 3 is 3.07 bits per heavy atom. The van der Waals surface area contributed by atoms with Crippen LogP contribution < -0.4 is 4.74 Å². The maximum Gasteiger partial charge on any atom is 0.164 e. The van der Waals surface area contributed by atoms with Gasteiger partial charge in [-0.3, -0.25) is 4.79 Å². The van der Waals surface area contributed by atoms with Crippen molar-refractivity contribution in [3.8, 4) is 5.75 Å². The summed E-state index contributed by atoms with van der Waals surface area (Å²) in [5.74, 6) is 2.87. The zero-order valence-electron chi connectivity index (χ0n) is 8.08. The van der Waals surface area contributed by atoms with E-state index in [1.165, 1.54) is 0 Å². The van der Waals surface area contributed by atoms with Crippen LogP contribution in [0.4, 0.5) is 0 Å². The molecule has 0 saturated carbocycles. The fourth-order valence-corrected chi connectivity index (χ4v) is 2.50. The molecule has 0 fully saturated rings. The Hall–Kier alpha value is -0.960. The Morgan fingerprint density at radius 2 is 2.29 bits per heavy atom. The molecule has 14 heavy (non-hydrogen) atoms. The topological polar surface area (TPSA) is 26.3 Å². The molecule has 1 aromatic carbocycles. The first-order chi connectivity index (χ1) is 6.81. The smallest absolute Gasteiger partial charge is 0.164 e. The number of ketones is 1. The highest BCUT2D eigenvalue weighted by molar-refractivity contribution is 7.98. The van der Waals surface area contributed by atoms with Crippen molar-refractivity contribution >= 4 is 17.5 Å². The molecular weight excluding hydrogens is 196 g/mol. The van der Waals surface area contributed by atoms with Crippen molar-refractivity contribution < 1.29 is 9.53 Å². The summed E-state index contributed by atoms with van der Waals surface area (Å²) in [6.07, 6.45) is 0.644. The predicted molar refractivity (Wildman–Crippen MR) is 58.1 cm³/mol. The first-order valence-electron chi connectivity index (χ1n) is 4.59. The molecule has 0 atom stereocenters. The van der Waals surface area contributed by atoms with Gasteiger partial charge in [0, 0.05) is 23.5 Å². The monoisotopic (exact) mass is 208 g/mol. The van der Waals surface area contributed by atoms with E-state index in [0.717, 1.165) is 28.4 Å². The second-order valence-corrected chi connectivity index (χ2v) is 4.35. The third kappa shape index (κ3) is 1.77. The van der Waals surface area contributed by atoms with E-state index < -0.39 is 0 Å². The molecule has 2 nitrogen and oxygen atoms in total. The number of hydrogen-bond acceptors (Lipinski definition) is 3. The molecule has 1 aliphatic rings. The number of hydrogen-bond donors (Lipinski definition) is 0. The third-order valence-corrected chi connectivity index (χ3v) is 3.36. The van der Waals surface area contributed by atoms with Crippen molar-refractivity contribution in [2.24, 2.45) is 0 Å². The van der Waals surface area contributed by atoms with Crippen LogP contribution in [-0.4, -0.2) is 18.6 Å². The van der Waals surface area contributed by atoms with Crippen molar-refractivity contribution in [3.63, 3.8) is 0 Å². The number of carbonyl (C=O) groups excluding carboxylic acids is 1. The first-order valence-corrected chi connectivity index (χ1v) is 5.74. The van der Waals surface area contributed by atoms with Crippen LogP contribution in [-0.2, 0) is 5.75 Å². The Labute approximate surface area is 87.6 Å². The zero-order valence-corrected chi connectivity index (χ0v) is 8.89. The highest BCUT2D eigenvalue weighted by Crippen LogP contribution is 2.26. The Morgan fingerprint density at radius 1 is 1.43 bits per heavy atom. The molecule has 0 aliphatic carbocycles. The standard InChI is InChI=1S/C11H12O2S/c1-13-9-3-2-8-7-14-5-4-11(12)10(8)6-9/h2-3,6H,4-5,7H2,1H3. The van der Waals surface area contributed by atoms with E-state index >= 15 is 0 Å². The lowest BCUT2D eigenvalue weighted by atomic mass is 10.0. The van der Waals surface area contributed by atoms with Gasteiger partial charge in [0.25, 0.3) is 0 Å². The second kappa shape index (κ2) is 4.05. The molecule has 0 spiro atoms. The highest BCUT2D eigenvalue weighted by atomic mass is 32.2. The third-order valence-electron chi connectivity index (χ3n) is 2.35. The van der Waals surface area contributed by atoms with E-state index in [-0.39, 0.29) is 5.78 Å². The summed E-state index contributed by atoms with van der Waals surface area (Å²) < 4.78 is 5.11. The second-order valence-electron chi connectivity index (χ2n) is 3.25. The van der Waals surface area contributed by atoms with Gasteiger partial charge in [-0.1, -0.05) is 6.07 Å². The Bertz CT molecular complexity index is 360. The molecule has 0 radical (unpaired) electrons. The van der Waals surface area contributed by atoms with Crippen LogP contribution >= 0.6 is 11.8 Å². The molecular formula is C11H12O2S. The molecule has 74 valence electrons. The quantitative estimate of drug-likeness (QED) is 0.709. The molecule has 0 N–H and O–H groups in total. The van der Waals surface area contributed by atoms with E-state index in [1.807, 2.05) is 30.0 Å². The molecule has 0 unspecified atom stereocenters. The molecule has 3 heteroatoms. The summed E-state index contributed by atoms with van der Waals surface area (Å²) in [5.41, 5.74) is 1.98. The van der Waals surface area contributed by atoms with Crippen LogP contribution in [0.25, 0.3) is 0 Å². The summed E-state index contributed by atoms with van der Waals surface area (Å²) in [5, 5.41) is 0. The Kier molecular flexibility index (Phi) is 2.77. The molecule has 0 bridgehead atoms. The maximum absolute atomic E-state index is 11.7. The van der Waals surface area contributed by atoms with Crippen molar-refractivity contribution in [1.29, 1.82) is 0 Å². The van der Waals surface area contributed by atoms with E-state index in [9.17, 15) is 4.79 Å². The van der Waals surface area contributed by atoms with Gasteiger partial charge in [0.15, 0.2) is 5.78 Å². The zero-order chi connectivity index (χ0) is 9.97. The number of Topliss-reactive ketones (excluding diaryl/α,β-unsaturated/α-hetero) is 1. The number of methoxy groups -OCH3 is 1. The number of rotatable bonds is 1. The van der Waals surface area contributed by atoms with Crippen LogP contribution in [0.2, 0.25) is 0 Å². The van der Waals surface area contributed by atoms with Crippen molar-refractivity contribution in [3.05, 3.63) is 29.3 Å². The summed E-state index contributed by atoms with van der Waals surface area (Å²) in [4.78, 5) is 11.7. The normalized spacial score (nSPS) is 15.9. The number of carbonyl (C=O) groups is 1. The van der Waals surface area contributed by atoms with Gasteiger partial charge >= 0.3 is 0 Å². The maximum atomic E-state index is 11.7.